The van der Waals surface area contributed by atoms with Crippen molar-refractivity contribution in [1.82, 2.24) is 15.1 Å². The van der Waals surface area contributed by atoms with Crippen LogP contribution in [-0.2, 0) is 9.59 Å². The summed E-state index contributed by atoms with van der Waals surface area (Å²) in [6.07, 6.45) is 3.96. The van der Waals surface area contributed by atoms with Gasteiger partial charge in [0.25, 0.3) is 0 Å². The number of hydrogen-bond donors (Lipinski definition) is 1. The number of ether oxygens (including phenoxy) is 1. The van der Waals surface area contributed by atoms with E-state index in [1.54, 1.807) is 7.11 Å². The van der Waals surface area contributed by atoms with Crippen molar-refractivity contribution >= 4 is 11.8 Å². The second-order valence-electron chi connectivity index (χ2n) is 7.70. The minimum Gasteiger partial charge on any atom is -0.496 e. The molecule has 1 N–H and O–H groups in total. The number of unbranched alkanes of at least 4 members (excludes halogenated alkanes) is 1. The molecule has 2 aliphatic rings. The van der Waals surface area contributed by atoms with Crippen molar-refractivity contribution in [3.05, 3.63) is 29.8 Å². The number of amides is 2. The van der Waals surface area contributed by atoms with Crippen LogP contribution < -0.4 is 10.1 Å². The van der Waals surface area contributed by atoms with Gasteiger partial charge in [0.1, 0.15) is 5.75 Å². The third kappa shape index (κ3) is 4.49. The Balaban J connectivity index is 1.95. The largest absolute Gasteiger partial charge is 0.496 e. The van der Waals surface area contributed by atoms with Gasteiger partial charge in [-0.1, -0.05) is 31.5 Å². The van der Waals surface area contributed by atoms with Gasteiger partial charge in [-0.25, -0.2) is 0 Å². The molecule has 2 saturated heterocycles. The number of benzene rings is 1. The first-order chi connectivity index (χ1) is 13.7. The maximum absolute atomic E-state index is 13.5. The van der Waals surface area contributed by atoms with E-state index in [-0.39, 0.29) is 23.8 Å². The first-order valence-corrected chi connectivity index (χ1v) is 10.6. The molecular weight excluding hydrogens is 354 g/mol. The minimum atomic E-state index is -0.257. The summed E-state index contributed by atoms with van der Waals surface area (Å²) in [5.41, 5.74) is 0.945. The number of para-hydroxylation sites is 1. The maximum Gasteiger partial charge on any atom is 0.228 e. The van der Waals surface area contributed by atoms with Crippen LogP contribution in [0, 0.1) is 5.92 Å². The molecule has 1 aromatic rings. The lowest BCUT2D eigenvalue weighted by Gasteiger charge is -2.42. The van der Waals surface area contributed by atoms with Crippen molar-refractivity contribution in [1.29, 1.82) is 0 Å². The molecule has 28 heavy (non-hydrogen) atoms. The number of nitrogens with zero attached hydrogens (tertiary/aromatic N) is 2. The van der Waals surface area contributed by atoms with Crippen molar-refractivity contribution in [2.24, 2.45) is 5.92 Å². The third-order valence-electron chi connectivity index (χ3n) is 5.89. The summed E-state index contributed by atoms with van der Waals surface area (Å²) < 4.78 is 5.61. The number of carbonyl (C=O) groups excluding carboxylic acids is 2. The maximum atomic E-state index is 13.5. The summed E-state index contributed by atoms with van der Waals surface area (Å²) in [6, 6.07) is 7.56. The molecule has 0 bridgehead atoms. The minimum absolute atomic E-state index is 0.144. The first kappa shape index (κ1) is 20.6. The molecule has 0 unspecified atom stereocenters. The van der Waals surface area contributed by atoms with Crippen LogP contribution in [0.4, 0.5) is 0 Å². The fourth-order valence-electron chi connectivity index (χ4n) is 4.40. The Bertz CT molecular complexity index is 671. The molecule has 0 saturated carbocycles. The molecule has 0 radical (unpaired) electrons. The van der Waals surface area contributed by atoms with Gasteiger partial charge in [-0.2, -0.15) is 0 Å². The molecule has 2 heterocycles. The van der Waals surface area contributed by atoms with Crippen LogP contribution in [-0.4, -0.2) is 61.4 Å². The lowest BCUT2D eigenvalue weighted by molar-refractivity contribution is -0.148. The van der Waals surface area contributed by atoms with Gasteiger partial charge in [0, 0.05) is 38.2 Å². The van der Waals surface area contributed by atoms with Crippen LogP contribution in [0.2, 0.25) is 0 Å². The van der Waals surface area contributed by atoms with Crippen molar-refractivity contribution in [3.8, 4) is 5.75 Å². The standard InChI is InChI=1S/C22H33N3O3/c1-3-4-15-25-20(26)11-10-18(22(27)24-14-7-12-23-13-16-24)21(25)17-8-5-6-9-19(17)28-2/h5-6,8-9,18,21,23H,3-4,7,10-16H2,1-2H3/t18-,21-/m0/s1. The molecular formula is C22H33N3O3. The number of hydrogen-bond acceptors (Lipinski definition) is 4. The van der Waals surface area contributed by atoms with Gasteiger partial charge in [0.05, 0.1) is 19.1 Å². The van der Waals surface area contributed by atoms with E-state index in [4.69, 9.17) is 4.74 Å². The zero-order valence-electron chi connectivity index (χ0n) is 17.2. The quantitative estimate of drug-likeness (QED) is 0.815. The Morgan fingerprint density at radius 2 is 2.07 bits per heavy atom. The third-order valence-corrected chi connectivity index (χ3v) is 5.89. The summed E-state index contributed by atoms with van der Waals surface area (Å²) in [5.74, 6) is 0.850. The van der Waals surface area contributed by atoms with Gasteiger partial charge in [-0.05, 0) is 31.9 Å². The smallest absolute Gasteiger partial charge is 0.228 e. The van der Waals surface area contributed by atoms with Gasteiger partial charge >= 0.3 is 0 Å². The summed E-state index contributed by atoms with van der Waals surface area (Å²) in [6.45, 7) is 6.10. The molecule has 1 aromatic carbocycles. The number of piperidine rings is 1. The molecule has 6 nitrogen and oxygen atoms in total. The lowest BCUT2D eigenvalue weighted by Crippen LogP contribution is -2.50. The fourth-order valence-corrected chi connectivity index (χ4v) is 4.40. The van der Waals surface area contributed by atoms with Crippen molar-refractivity contribution in [2.75, 3.05) is 39.8 Å². The van der Waals surface area contributed by atoms with E-state index in [0.29, 0.717) is 19.4 Å². The van der Waals surface area contributed by atoms with Crippen LogP contribution in [0.25, 0.3) is 0 Å². The molecule has 2 amide bonds. The van der Waals surface area contributed by atoms with Crippen molar-refractivity contribution < 1.29 is 14.3 Å². The predicted molar refractivity (Wildman–Crippen MR) is 109 cm³/mol. The van der Waals surface area contributed by atoms with E-state index in [0.717, 1.165) is 56.8 Å². The van der Waals surface area contributed by atoms with Crippen LogP contribution in [0.5, 0.6) is 5.75 Å². The Hall–Kier alpha value is -2.08. The van der Waals surface area contributed by atoms with Crippen LogP contribution in [0.1, 0.15) is 50.6 Å². The summed E-state index contributed by atoms with van der Waals surface area (Å²) in [5, 5.41) is 3.36. The van der Waals surface area contributed by atoms with Crippen LogP contribution in [0.15, 0.2) is 24.3 Å². The summed E-state index contributed by atoms with van der Waals surface area (Å²) >= 11 is 0. The van der Waals surface area contributed by atoms with E-state index in [1.165, 1.54) is 0 Å². The monoisotopic (exact) mass is 387 g/mol. The molecule has 0 spiro atoms. The zero-order valence-corrected chi connectivity index (χ0v) is 17.2. The van der Waals surface area contributed by atoms with E-state index in [2.05, 4.69) is 12.2 Å². The molecule has 3 rings (SSSR count). The summed E-state index contributed by atoms with van der Waals surface area (Å²) in [4.78, 5) is 30.3. The van der Waals surface area contributed by atoms with Gasteiger partial charge in [0.2, 0.25) is 11.8 Å². The predicted octanol–water partition coefficient (Wildman–Crippen LogP) is 2.60. The van der Waals surface area contributed by atoms with Gasteiger partial charge in [-0.15, -0.1) is 0 Å². The van der Waals surface area contributed by atoms with Crippen molar-refractivity contribution in [2.45, 2.75) is 45.1 Å². The number of carbonyl (C=O) groups is 2. The van der Waals surface area contributed by atoms with E-state index < -0.39 is 0 Å². The molecule has 154 valence electrons. The zero-order chi connectivity index (χ0) is 19.9. The summed E-state index contributed by atoms with van der Waals surface area (Å²) in [7, 11) is 1.65. The SMILES string of the molecule is CCCCN1C(=O)CC[C@H](C(=O)N2CCCNCC2)[C@@H]1c1ccccc1OC. The number of rotatable bonds is 6. The number of nitrogens with one attached hydrogen (secondary N) is 1. The van der Waals surface area contributed by atoms with Gasteiger partial charge in [-0.3, -0.25) is 9.59 Å². The highest BCUT2D eigenvalue weighted by Gasteiger charge is 2.42. The molecule has 0 aromatic heterocycles. The highest BCUT2D eigenvalue weighted by Crippen LogP contribution is 2.41. The lowest BCUT2D eigenvalue weighted by atomic mass is 9.82. The Morgan fingerprint density at radius 1 is 1.25 bits per heavy atom. The highest BCUT2D eigenvalue weighted by molar-refractivity contribution is 5.85. The highest BCUT2D eigenvalue weighted by atomic mass is 16.5. The average Bonchev–Trinajstić information content (AvgIpc) is 3.01. The van der Waals surface area contributed by atoms with E-state index >= 15 is 0 Å². The Kier molecular flexibility index (Phi) is 7.31. The van der Waals surface area contributed by atoms with E-state index in [9.17, 15) is 9.59 Å². The van der Waals surface area contributed by atoms with Crippen LogP contribution in [0.3, 0.4) is 0 Å². The molecule has 2 atom stereocenters. The van der Waals surface area contributed by atoms with Gasteiger partial charge < -0.3 is 19.9 Å². The molecule has 6 heteroatoms. The normalized spacial score (nSPS) is 23.4. The Labute approximate surface area is 168 Å². The fraction of sp³-hybridized carbons (Fsp3) is 0.636. The van der Waals surface area contributed by atoms with Crippen molar-refractivity contribution in [3.63, 3.8) is 0 Å². The first-order valence-electron chi connectivity index (χ1n) is 10.6. The van der Waals surface area contributed by atoms with Crippen LogP contribution >= 0.6 is 0 Å². The Morgan fingerprint density at radius 3 is 2.86 bits per heavy atom. The number of likely N-dealkylation sites (tertiary alicyclic amines) is 1. The number of methoxy groups -OCH3 is 1. The van der Waals surface area contributed by atoms with E-state index in [1.807, 2.05) is 34.1 Å². The second kappa shape index (κ2) is 9.92. The molecule has 0 aliphatic carbocycles. The average molecular weight is 388 g/mol. The topological polar surface area (TPSA) is 61.9 Å². The molecule has 2 aliphatic heterocycles. The molecule has 2 fully saturated rings. The van der Waals surface area contributed by atoms with Gasteiger partial charge in [0.15, 0.2) is 0 Å². The second-order valence-corrected chi connectivity index (χ2v) is 7.70.